The number of amides is 1. The number of pyridine rings is 1. The summed E-state index contributed by atoms with van der Waals surface area (Å²) in [5.41, 5.74) is 1.86. The van der Waals surface area contributed by atoms with Crippen molar-refractivity contribution in [3.8, 4) is 0 Å². The summed E-state index contributed by atoms with van der Waals surface area (Å²) in [6.45, 7) is 9.24. The molecule has 0 saturated carbocycles. The van der Waals surface area contributed by atoms with Gasteiger partial charge in [0.25, 0.3) is 0 Å². The number of nitrogens with one attached hydrogen (secondary N) is 1. The Balaban J connectivity index is 1.71. The molecule has 1 N–H and O–H groups in total. The molecule has 1 aliphatic rings. The highest BCUT2D eigenvalue weighted by atomic mass is 32.1. The summed E-state index contributed by atoms with van der Waals surface area (Å²) < 4.78 is 6.69. The second-order valence-electron chi connectivity index (χ2n) is 7.39. The first-order valence-electron chi connectivity index (χ1n) is 8.40. The molecule has 1 aliphatic heterocycles. The number of hydrogen-bond acceptors (Lipinski definition) is 5. The summed E-state index contributed by atoms with van der Waals surface area (Å²) in [5.74, 6) is 0. The van der Waals surface area contributed by atoms with Crippen molar-refractivity contribution in [2.75, 3.05) is 18.4 Å². The molecular formula is C18H25N3O2S. The highest BCUT2D eigenvalue weighted by Crippen LogP contribution is 2.31. The number of carbonyl (C=O) groups is 1. The molecule has 3 heterocycles. The first-order valence-corrected chi connectivity index (χ1v) is 9.28. The molecule has 0 bridgehead atoms. The van der Waals surface area contributed by atoms with Crippen molar-refractivity contribution < 1.29 is 9.53 Å². The van der Waals surface area contributed by atoms with Crippen LogP contribution in [0.5, 0.6) is 0 Å². The number of fused-ring (bicyclic) bond motifs is 1. The van der Waals surface area contributed by atoms with Gasteiger partial charge in [-0.1, -0.05) is 0 Å². The van der Waals surface area contributed by atoms with Crippen molar-refractivity contribution in [1.29, 1.82) is 0 Å². The van der Waals surface area contributed by atoms with Gasteiger partial charge in [-0.2, -0.15) is 0 Å². The summed E-state index contributed by atoms with van der Waals surface area (Å²) >= 11 is 1.71. The molecule has 6 heteroatoms. The van der Waals surface area contributed by atoms with Crippen molar-refractivity contribution in [3.63, 3.8) is 0 Å². The number of piperidine rings is 1. The second kappa shape index (κ2) is 6.59. The van der Waals surface area contributed by atoms with Crippen molar-refractivity contribution in [1.82, 2.24) is 9.88 Å². The summed E-state index contributed by atoms with van der Waals surface area (Å²) in [6.07, 6.45) is 5.58. The van der Waals surface area contributed by atoms with E-state index in [9.17, 15) is 4.79 Å². The Morgan fingerprint density at radius 3 is 2.96 bits per heavy atom. The number of anilines is 1. The van der Waals surface area contributed by atoms with E-state index in [1.54, 1.807) is 16.2 Å². The molecule has 1 atom stereocenters. The van der Waals surface area contributed by atoms with Crippen LogP contribution in [0.4, 0.5) is 10.5 Å². The van der Waals surface area contributed by atoms with Crippen molar-refractivity contribution >= 4 is 33.2 Å². The maximum absolute atomic E-state index is 12.3. The Morgan fingerprint density at radius 1 is 1.42 bits per heavy atom. The van der Waals surface area contributed by atoms with Crippen molar-refractivity contribution in [2.24, 2.45) is 0 Å². The zero-order valence-electron chi connectivity index (χ0n) is 14.8. The van der Waals surface area contributed by atoms with Crippen LogP contribution in [0.15, 0.2) is 17.8 Å². The summed E-state index contributed by atoms with van der Waals surface area (Å²) in [6, 6.07) is 0.220. The van der Waals surface area contributed by atoms with E-state index >= 15 is 0 Å². The third-order valence-electron chi connectivity index (χ3n) is 4.10. The van der Waals surface area contributed by atoms with Gasteiger partial charge >= 0.3 is 6.09 Å². The van der Waals surface area contributed by atoms with E-state index in [1.165, 1.54) is 15.6 Å². The van der Waals surface area contributed by atoms with E-state index in [-0.39, 0.29) is 12.1 Å². The minimum absolute atomic E-state index is 0.220. The van der Waals surface area contributed by atoms with E-state index in [0.29, 0.717) is 6.54 Å². The number of ether oxygens (including phenoxy) is 1. The van der Waals surface area contributed by atoms with E-state index in [1.807, 2.05) is 33.2 Å². The van der Waals surface area contributed by atoms with E-state index in [4.69, 9.17) is 4.74 Å². The molecule has 2 aromatic rings. The maximum atomic E-state index is 12.3. The van der Waals surface area contributed by atoms with E-state index in [2.05, 4.69) is 22.6 Å². The van der Waals surface area contributed by atoms with Crippen LogP contribution >= 0.6 is 11.3 Å². The van der Waals surface area contributed by atoms with Gasteiger partial charge in [0, 0.05) is 30.7 Å². The highest BCUT2D eigenvalue weighted by Gasteiger charge is 2.27. The van der Waals surface area contributed by atoms with Gasteiger partial charge in [0.2, 0.25) is 0 Å². The minimum atomic E-state index is -0.458. The van der Waals surface area contributed by atoms with Crippen LogP contribution in [0.1, 0.15) is 39.2 Å². The van der Waals surface area contributed by atoms with Gasteiger partial charge in [-0.3, -0.25) is 4.98 Å². The van der Waals surface area contributed by atoms with Gasteiger partial charge in [-0.15, -0.1) is 11.3 Å². The number of rotatable bonds is 2. The molecule has 2 aromatic heterocycles. The van der Waals surface area contributed by atoms with E-state index < -0.39 is 5.60 Å². The van der Waals surface area contributed by atoms with Gasteiger partial charge in [0.1, 0.15) is 5.60 Å². The predicted molar refractivity (Wildman–Crippen MR) is 98.8 cm³/mol. The van der Waals surface area contributed by atoms with Crippen LogP contribution in [-0.2, 0) is 4.74 Å². The van der Waals surface area contributed by atoms with Crippen molar-refractivity contribution in [3.05, 3.63) is 23.3 Å². The molecular weight excluding hydrogens is 322 g/mol. The van der Waals surface area contributed by atoms with Crippen LogP contribution in [0.2, 0.25) is 0 Å². The predicted octanol–water partition coefficient (Wildman–Crippen LogP) is 4.42. The van der Waals surface area contributed by atoms with Crippen LogP contribution < -0.4 is 5.32 Å². The number of hydrogen-bond donors (Lipinski definition) is 1. The zero-order chi connectivity index (χ0) is 17.3. The first kappa shape index (κ1) is 17.0. The lowest BCUT2D eigenvalue weighted by Crippen LogP contribution is -2.47. The van der Waals surface area contributed by atoms with Crippen LogP contribution in [-0.4, -0.2) is 40.7 Å². The normalized spacial score (nSPS) is 18.7. The summed E-state index contributed by atoms with van der Waals surface area (Å²) in [4.78, 5) is 18.4. The smallest absolute Gasteiger partial charge is 0.410 e. The van der Waals surface area contributed by atoms with Crippen LogP contribution in [0, 0.1) is 6.92 Å². The average molecular weight is 347 g/mol. The van der Waals surface area contributed by atoms with Gasteiger partial charge in [0.05, 0.1) is 16.6 Å². The van der Waals surface area contributed by atoms with Crippen LogP contribution in [0.25, 0.3) is 10.1 Å². The number of carbonyl (C=O) groups excluding carboxylic acids is 1. The average Bonchev–Trinajstić information content (AvgIpc) is 2.88. The van der Waals surface area contributed by atoms with E-state index in [0.717, 1.165) is 25.1 Å². The Bertz CT molecular complexity index is 735. The summed E-state index contributed by atoms with van der Waals surface area (Å²) in [5, 5.41) is 6.99. The van der Waals surface area contributed by atoms with Crippen LogP contribution in [0.3, 0.4) is 0 Å². The number of aryl methyl sites for hydroxylation is 1. The maximum Gasteiger partial charge on any atom is 0.410 e. The standard InChI is InChI=1S/C18H25N3O2S/c1-12-11-24-15-9-19-8-14(16(12)15)20-13-6-5-7-21(10-13)17(22)23-18(2,3)4/h8-9,11,13,20H,5-7,10H2,1-4H3/t13-/m1/s1. The number of likely N-dealkylation sites (tertiary alicyclic amines) is 1. The molecule has 5 nitrogen and oxygen atoms in total. The van der Waals surface area contributed by atoms with Gasteiger partial charge in [-0.05, 0) is 51.5 Å². The molecule has 24 heavy (non-hydrogen) atoms. The monoisotopic (exact) mass is 347 g/mol. The summed E-state index contributed by atoms with van der Waals surface area (Å²) in [7, 11) is 0. The molecule has 0 spiro atoms. The Labute approximate surface area is 147 Å². The molecule has 0 unspecified atom stereocenters. The van der Waals surface area contributed by atoms with Crippen molar-refractivity contribution in [2.45, 2.75) is 52.2 Å². The lowest BCUT2D eigenvalue weighted by molar-refractivity contribution is 0.0206. The Hall–Kier alpha value is -1.82. The lowest BCUT2D eigenvalue weighted by Gasteiger charge is -2.34. The SMILES string of the molecule is Cc1csc2cncc(N[C@@H]3CCCN(C(=O)OC(C)(C)C)C3)c12. The molecule has 1 amide bonds. The topological polar surface area (TPSA) is 54.5 Å². The largest absolute Gasteiger partial charge is 0.444 e. The molecule has 3 rings (SSSR count). The molecule has 130 valence electrons. The number of aromatic nitrogens is 1. The van der Waals surface area contributed by atoms with Gasteiger partial charge in [0.15, 0.2) is 0 Å². The molecule has 0 radical (unpaired) electrons. The Morgan fingerprint density at radius 2 is 2.21 bits per heavy atom. The zero-order valence-corrected chi connectivity index (χ0v) is 15.6. The molecule has 0 aliphatic carbocycles. The second-order valence-corrected chi connectivity index (χ2v) is 8.30. The highest BCUT2D eigenvalue weighted by molar-refractivity contribution is 7.17. The fourth-order valence-electron chi connectivity index (χ4n) is 3.06. The number of nitrogens with zero attached hydrogens (tertiary/aromatic N) is 2. The molecule has 1 fully saturated rings. The Kier molecular flexibility index (Phi) is 4.67. The quantitative estimate of drug-likeness (QED) is 0.874. The third kappa shape index (κ3) is 3.80. The molecule has 1 saturated heterocycles. The first-order chi connectivity index (χ1) is 11.3. The molecule has 0 aromatic carbocycles. The third-order valence-corrected chi connectivity index (χ3v) is 5.14. The minimum Gasteiger partial charge on any atom is -0.444 e. The number of thiophene rings is 1. The fourth-order valence-corrected chi connectivity index (χ4v) is 4.00. The lowest BCUT2D eigenvalue weighted by atomic mass is 10.1. The van der Waals surface area contributed by atoms with Gasteiger partial charge in [-0.25, -0.2) is 4.79 Å². The van der Waals surface area contributed by atoms with Gasteiger partial charge < -0.3 is 15.0 Å². The fraction of sp³-hybridized carbons (Fsp3) is 0.556.